The molecule has 2 rings (SSSR count). The van der Waals surface area contributed by atoms with E-state index in [1.165, 1.54) is 0 Å². The molecule has 0 fully saturated rings. The summed E-state index contributed by atoms with van der Waals surface area (Å²) in [6, 6.07) is 3.38. The number of aryl methyl sites for hydroxylation is 2. The van der Waals surface area contributed by atoms with E-state index in [1.54, 1.807) is 29.2 Å². The number of hydrogen-bond donors (Lipinski definition) is 2. The van der Waals surface area contributed by atoms with Crippen molar-refractivity contribution in [2.24, 2.45) is 12.8 Å². The van der Waals surface area contributed by atoms with Crippen LogP contribution in [0.3, 0.4) is 0 Å². The van der Waals surface area contributed by atoms with Gasteiger partial charge in [-0.3, -0.25) is 9.48 Å². The third kappa shape index (κ3) is 3.68. The van der Waals surface area contributed by atoms with Crippen LogP contribution in [-0.4, -0.2) is 27.2 Å². The number of hydrogen-bond acceptors (Lipinski definition) is 4. The van der Waals surface area contributed by atoms with Gasteiger partial charge in [-0.2, -0.15) is 5.10 Å². The molecule has 21 heavy (non-hydrogen) atoms. The smallest absolute Gasteiger partial charge is 0.274 e. The van der Waals surface area contributed by atoms with Gasteiger partial charge in [-0.05, 0) is 18.6 Å². The number of amides is 1. The third-order valence-electron chi connectivity index (χ3n) is 2.82. The van der Waals surface area contributed by atoms with E-state index in [0.717, 1.165) is 17.7 Å². The first-order valence-electron chi connectivity index (χ1n) is 6.63. The molecule has 0 atom stereocenters. The van der Waals surface area contributed by atoms with Gasteiger partial charge in [-0.15, -0.1) is 0 Å². The van der Waals surface area contributed by atoms with Crippen molar-refractivity contribution in [2.45, 2.75) is 13.3 Å². The molecule has 3 N–H and O–H groups in total. The average molecular weight is 283 g/mol. The van der Waals surface area contributed by atoms with Crippen LogP contribution in [-0.2, 0) is 13.5 Å². The van der Waals surface area contributed by atoms with Crippen molar-refractivity contribution in [2.75, 3.05) is 11.9 Å². The molecule has 0 bridgehead atoms. The normalized spacial score (nSPS) is 9.86. The van der Waals surface area contributed by atoms with Crippen LogP contribution < -0.4 is 11.1 Å². The van der Waals surface area contributed by atoms with E-state index in [9.17, 15) is 4.79 Å². The highest BCUT2D eigenvalue weighted by Crippen LogP contribution is 2.14. The zero-order valence-electron chi connectivity index (χ0n) is 12.1. The molecule has 0 aromatic carbocycles. The predicted molar refractivity (Wildman–Crippen MR) is 80.7 cm³/mol. The molecule has 108 valence electrons. The fourth-order valence-electron chi connectivity index (χ4n) is 1.84. The molecule has 0 saturated heterocycles. The van der Waals surface area contributed by atoms with Gasteiger partial charge < -0.3 is 11.1 Å². The largest absolute Gasteiger partial charge is 0.320 e. The summed E-state index contributed by atoms with van der Waals surface area (Å²) in [5.41, 5.74) is 7.92. The minimum Gasteiger partial charge on any atom is -0.320 e. The second-order valence-corrected chi connectivity index (χ2v) is 4.41. The molecule has 0 saturated carbocycles. The second kappa shape index (κ2) is 6.68. The van der Waals surface area contributed by atoms with Crippen molar-refractivity contribution in [3.05, 3.63) is 41.5 Å². The van der Waals surface area contributed by atoms with Gasteiger partial charge in [0.1, 0.15) is 5.69 Å². The summed E-state index contributed by atoms with van der Waals surface area (Å²) >= 11 is 0. The van der Waals surface area contributed by atoms with Crippen molar-refractivity contribution in [1.29, 1.82) is 0 Å². The number of carbonyl (C=O) groups is 1. The zero-order valence-corrected chi connectivity index (χ0v) is 12.1. The lowest BCUT2D eigenvalue weighted by Crippen LogP contribution is -2.14. The van der Waals surface area contributed by atoms with E-state index in [0.29, 0.717) is 17.9 Å². The number of nitrogens with zero attached hydrogens (tertiary/aromatic N) is 3. The lowest BCUT2D eigenvalue weighted by Gasteiger charge is -2.03. The Kier molecular flexibility index (Phi) is 4.69. The molecule has 2 heterocycles. The van der Waals surface area contributed by atoms with Gasteiger partial charge in [0, 0.05) is 25.0 Å². The number of anilines is 1. The Bertz CT molecular complexity index is 691. The second-order valence-electron chi connectivity index (χ2n) is 4.41. The molecule has 2 aromatic heterocycles. The van der Waals surface area contributed by atoms with E-state index >= 15 is 0 Å². The van der Waals surface area contributed by atoms with Crippen LogP contribution in [0.2, 0.25) is 0 Å². The standard InChI is InChI=1S/C15H17N5O/c1-3-12-14(10-20(2)19-12)18-15(21)13-7-6-11(9-17-13)5-4-8-16/h6-7,9-10H,3,8,16H2,1-2H3,(H,18,21). The first-order valence-corrected chi connectivity index (χ1v) is 6.63. The summed E-state index contributed by atoms with van der Waals surface area (Å²) in [6.07, 6.45) is 4.08. The topological polar surface area (TPSA) is 85.8 Å². The third-order valence-corrected chi connectivity index (χ3v) is 2.82. The SMILES string of the molecule is CCc1nn(C)cc1NC(=O)c1ccc(C#CCN)cn1. The number of nitrogens with two attached hydrogens (primary N) is 1. The van der Waals surface area contributed by atoms with Crippen molar-refractivity contribution in [1.82, 2.24) is 14.8 Å². The van der Waals surface area contributed by atoms with Crippen LogP contribution in [0.1, 0.15) is 28.7 Å². The van der Waals surface area contributed by atoms with Gasteiger partial charge in [0.05, 0.1) is 17.9 Å². The minimum absolute atomic E-state index is 0.268. The van der Waals surface area contributed by atoms with Crippen LogP contribution in [0.15, 0.2) is 24.5 Å². The van der Waals surface area contributed by atoms with E-state index in [2.05, 4.69) is 27.2 Å². The number of nitrogens with one attached hydrogen (secondary N) is 1. The zero-order chi connectivity index (χ0) is 15.2. The lowest BCUT2D eigenvalue weighted by atomic mass is 10.2. The van der Waals surface area contributed by atoms with E-state index in [4.69, 9.17) is 5.73 Å². The van der Waals surface area contributed by atoms with Crippen molar-refractivity contribution >= 4 is 11.6 Å². The molecule has 0 aliphatic rings. The first-order chi connectivity index (χ1) is 10.1. The maximum Gasteiger partial charge on any atom is 0.274 e. The Labute approximate surface area is 123 Å². The van der Waals surface area contributed by atoms with Crippen LogP contribution in [0.25, 0.3) is 0 Å². The van der Waals surface area contributed by atoms with Crippen molar-refractivity contribution < 1.29 is 4.79 Å². The minimum atomic E-state index is -0.268. The van der Waals surface area contributed by atoms with Crippen molar-refractivity contribution in [3.63, 3.8) is 0 Å². The molecule has 6 nitrogen and oxygen atoms in total. The van der Waals surface area contributed by atoms with Gasteiger partial charge in [-0.25, -0.2) is 4.98 Å². The highest BCUT2D eigenvalue weighted by molar-refractivity contribution is 6.03. The van der Waals surface area contributed by atoms with E-state index in [-0.39, 0.29) is 5.91 Å². The first kappa shape index (κ1) is 14.8. The monoisotopic (exact) mass is 283 g/mol. The molecular weight excluding hydrogens is 266 g/mol. The molecule has 0 spiro atoms. The van der Waals surface area contributed by atoms with Gasteiger partial charge in [0.2, 0.25) is 0 Å². The Morgan fingerprint density at radius 1 is 1.48 bits per heavy atom. The molecule has 2 aromatic rings. The van der Waals surface area contributed by atoms with Crippen molar-refractivity contribution in [3.8, 4) is 11.8 Å². The van der Waals surface area contributed by atoms with Crippen LogP contribution in [0.5, 0.6) is 0 Å². The van der Waals surface area contributed by atoms with Gasteiger partial charge in [-0.1, -0.05) is 18.8 Å². The maximum atomic E-state index is 12.2. The van der Waals surface area contributed by atoms with Crippen LogP contribution >= 0.6 is 0 Å². The number of carbonyl (C=O) groups excluding carboxylic acids is 1. The molecule has 6 heteroatoms. The molecule has 0 aliphatic heterocycles. The van der Waals surface area contributed by atoms with E-state index in [1.807, 2.05) is 14.0 Å². The Hall–Kier alpha value is -2.65. The van der Waals surface area contributed by atoms with Crippen LogP contribution in [0, 0.1) is 11.8 Å². The summed E-state index contributed by atoms with van der Waals surface area (Å²) < 4.78 is 1.67. The molecule has 0 radical (unpaired) electrons. The fourth-order valence-corrected chi connectivity index (χ4v) is 1.84. The van der Waals surface area contributed by atoms with Crippen LogP contribution in [0.4, 0.5) is 5.69 Å². The number of aromatic nitrogens is 3. The molecular formula is C15H17N5O. The Morgan fingerprint density at radius 3 is 2.90 bits per heavy atom. The summed E-state index contributed by atoms with van der Waals surface area (Å²) in [5.74, 6) is 5.33. The summed E-state index contributed by atoms with van der Waals surface area (Å²) in [6.45, 7) is 2.28. The molecule has 0 unspecified atom stereocenters. The molecule has 1 amide bonds. The summed E-state index contributed by atoms with van der Waals surface area (Å²) in [5, 5.41) is 7.10. The fraction of sp³-hybridized carbons (Fsp3) is 0.267. The van der Waals surface area contributed by atoms with Gasteiger partial charge in [0.25, 0.3) is 5.91 Å². The number of rotatable bonds is 3. The Morgan fingerprint density at radius 2 is 2.29 bits per heavy atom. The number of pyridine rings is 1. The van der Waals surface area contributed by atoms with Gasteiger partial charge >= 0.3 is 0 Å². The summed E-state index contributed by atoms with van der Waals surface area (Å²) in [7, 11) is 1.82. The molecule has 0 aliphatic carbocycles. The predicted octanol–water partition coefficient (Wildman–Crippen LogP) is 0.940. The van der Waals surface area contributed by atoms with Gasteiger partial charge in [0.15, 0.2) is 0 Å². The highest BCUT2D eigenvalue weighted by atomic mass is 16.1. The quantitative estimate of drug-likeness (QED) is 0.821. The lowest BCUT2D eigenvalue weighted by molar-refractivity contribution is 0.102. The highest BCUT2D eigenvalue weighted by Gasteiger charge is 2.12. The maximum absolute atomic E-state index is 12.2. The van der Waals surface area contributed by atoms with E-state index < -0.39 is 0 Å². The Balaban J connectivity index is 2.13. The summed E-state index contributed by atoms with van der Waals surface area (Å²) in [4.78, 5) is 16.3. The average Bonchev–Trinajstić information content (AvgIpc) is 2.85.